The van der Waals surface area contributed by atoms with Crippen LogP contribution in [0.25, 0.3) is 0 Å². The van der Waals surface area contributed by atoms with Crippen LogP contribution in [0.15, 0.2) is 36.0 Å². The average molecular weight is 272 g/mol. The molecule has 1 rings (SSSR count). The number of nitrogens with two attached hydrogens (primary N) is 1. The standard InChI is InChI=1S/C14H16N4O2/c1-2-7-17-14(20)11(8-15)9-18-13(19)10-3-5-12(16)6-4-10/h3-6,9H,2,7,16H2,1H3,(H,17,20)(H,18,19)/b11-9-. The zero-order valence-electron chi connectivity index (χ0n) is 11.1. The van der Waals surface area contributed by atoms with Gasteiger partial charge in [-0.25, -0.2) is 0 Å². The fraction of sp³-hybridized carbons (Fsp3) is 0.214. The zero-order chi connectivity index (χ0) is 15.0. The number of nitrogen functional groups attached to an aromatic ring is 1. The van der Waals surface area contributed by atoms with Crippen molar-refractivity contribution < 1.29 is 9.59 Å². The van der Waals surface area contributed by atoms with E-state index in [0.717, 1.165) is 12.6 Å². The van der Waals surface area contributed by atoms with Gasteiger partial charge in [0.2, 0.25) is 0 Å². The van der Waals surface area contributed by atoms with E-state index >= 15 is 0 Å². The van der Waals surface area contributed by atoms with Gasteiger partial charge in [-0.1, -0.05) is 6.92 Å². The maximum atomic E-state index is 11.8. The molecule has 0 aliphatic rings. The van der Waals surface area contributed by atoms with Gasteiger partial charge in [0.1, 0.15) is 11.6 Å². The van der Waals surface area contributed by atoms with Gasteiger partial charge in [0.05, 0.1) is 0 Å². The van der Waals surface area contributed by atoms with E-state index in [9.17, 15) is 9.59 Å². The number of nitrogens with zero attached hydrogens (tertiary/aromatic N) is 1. The molecule has 0 spiro atoms. The van der Waals surface area contributed by atoms with Crippen molar-refractivity contribution >= 4 is 17.5 Å². The first-order valence-electron chi connectivity index (χ1n) is 6.13. The fourth-order valence-electron chi connectivity index (χ4n) is 1.34. The summed E-state index contributed by atoms with van der Waals surface area (Å²) in [4.78, 5) is 23.3. The molecule has 0 bridgehead atoms. The Morgan fingerprint density at radius 3 is 2.55 bits per heavy atom. The van der Waals surface area contributed by atoms with E-state index in [4.69, 9.17) is 11.0 Å². The molecule has 0 atom stereocenters. The number of benzene rings is 1. The van der Waals surface area contributed by atoms with E-state index in [0.29, 0.717) is 17.8 Å². The van der Waals surface area contributed by atoms with Crippen molar-refractivity contribution in [2.24, 2.45) is 0 Å². The smallest absolute Gasteiger partial charge is 0.263 e. The molecule has 0 heterocycles. The van der Waals surface area contributed by atoms with Crippen molar-refractivity contribution in [2.45, 2.75) is 13.3 Å². The molecule has 0 fully saturated rings. The Morgan fingerprint density at radius 2 is 2.00 bits per heavy atom. The van der Waals surface area contributed by atoms with E-state index < -0.39 is 11.8 Å². The Hall–Kier alpha value is -2.81. The van der Waals surface area contributed by atoms with Crippen LogP contribution in [0.4, 0.5) is 5.69 Å². The minimum atomic E-state index is -0.507. The second-order valence-electron chi connectivity index (χ2n) is 4.02. The van der Waals surface area contributed by atoms with Crippen molar-refractivity contribution in [3.8, 4) is 6.07 Å². The molecule has 1 aromatic carbocycles. The average Bonchev–Trinajstić information content (AvgIpc) is 2.46. The summed E-state index contributed by atoms with van der Waals surface area (Å²) in [5.74, 6) is -0.923. The molecule has 0 radical (unpaired) electrons. The number of nitriles is 1. The molecule has 0 saturated carbocycles. The van der Waals surface area contributed by atoms with Gasteiger partial charge in [-0.2, -0.15) is 5.26 Å². The topological polar surface area (TPSA) is 108 Å². The van der Waals surface area contributed by atoms with Gasteiger partial charge in [0.25, 0.3) is 11.8 Å². The Labute approximate surface area is 117 Å². The summed E-state index contributed by atoms with van der Waals surface area (Å²) in [5, 5.41) is 13.8. The third kappa shape index (κ3) is 4.46. The van der Waals surface area contributed by atoms with Gasteiger partial charge in [-0.3, -0.25) is 9.59 Å². The maximum absolute atomic E-state index is 11.8. The van der Waals surface area contributed by atoms with Gasteiger partial charge in [0.15, 0.2) is 0 Å². The molecule has 20 heavy (non-hydrogen) atoms. The number of rotatable bonds is 5. The minimum absolute atomic E-state index is 0.151. The first-order valence-corrected chi connectivity index (χ1v) is 6.13. The summed E-state index contributed by atoms with van der Waals surface area (Å²) in [7, 11) is 0. The molecule has 0 unspecified atom stereocenters. The van der Waals surface area contributed by atoms with Crippen LogP contribution in [-0.4, -0.2) is 18.4 Å². The molecule has 6 heteroatoms. The number of anilines is 1. The number of hydrogen-bond donors (Lipinski definition) is 3. The van der Waals surface area contributed by atoms with Crippen LogP contribution in [0.3, 0.4) is 0 Å². The molecule has 0 saturated heterocycles. The summed E-state index contributed by atoms with van der Waals surface area (Å²) in [6.45, 7) is 2.38. The van der Waals surface area contributed by atoms with Crippen molar-refractivity contribution in [2.75, 3.05) is 12.3 Å². The normalized spacial score (nSPS) is 10.5. The van der Waals surface area contributed by atoms with E-state index in [1.807, 2.05) is 6.92 Å². The number of hydrogen-bond acceptors (Lipinski definition) is 4. The summed E-state index contributed by atoms with van der Waals surface area (Å²) >= 11 is 0. The third-order valence-corrected chi connectivity index (χ3v) is 2.42. The SMILES string of the molecule is CCCNC(=O)/C(C#N)=C\NC(=O)c1ccc(N)cc1. The lowest BCUT2D eigenvalue weighted by Gasteiger charge is -2.03. The zero-order valence-corrected chi connectivity index (χ0v) is 11.1. The highest BCUT2D eigenvalue weighted by Gasteiger charge is 2.09. The van der Waals surface area contributed by atoms with Crippen LogP contribution >= 0.6 is 0 Å². The second kappa shape index (κ2) is 7.59. The van der Waals surface area contributed by atoms with Gasteiger partial charge in [-0.15, -0.1) is 0 Å². The Morgan fingerprint density at radius 1 is 1.35 bits per heavy atom. The third-order valence-electron chi connectivity index (χ3n) is 2.42. The summed E-state index contributed by atoms with van der Waals surface area (Å²) in [5.41, 5.74) is 6.31. The number of carbonyl (C=O) groups excluding carboxylic acids is 2. The van der Waals surface area contributed by atoms with E-state index in [1.54, 1.807) is 30.3 Å². The molecule has 0 aromatic heterocycles. The number of amides is 2. The maximum Gasteiger partial charge on any atom is 0.263 e. The second-order valence-corrected chi connectivity index (χ2v) is 4.02. The first-order chi connectivity index (χ1) is 9.58. The highest BCUT2D eigenvalue weighted by molar-refractivity contribution is 5.99. The molecule has 2 amide bonds. The van der Waals surface area contributed by atoms with Gasteiger partial charge in [0, 0.05) is 24.0 Å². The number of carbonyl (C=O) groups is 2. The quantitative estimate of drug-likeness (QED) is 0.421. The van der Waals surface area contributed by atoms with Crippen molar-refractivity contribution in [1.82, 2.24) is 10.6 Å². The van der Waals surface area contributed by atoms with E-state index in [2.05, 4.69) is 10.6 Å². The molecular formula is C14H16N4O2. The monoisotopic (exact) mass is 272 g/mol. The van der Waals surface area contributed by atoms with E-state index in [1.165, 1.54) is 0 Å². The summed E-state index contributed by atoms with van der Waals surface area (Å²) in [6.07, 6.45) is 1.87. The summed E-state index contributed by atoms with van der Waals surface area (Å²) < 4.78 is 0. The van der Waals surface area contributed by atoms with Crippen LogP contribution in [0.5, 0.6) is 0 Å². The fourth-order valence-corrected chi connectivity index (χ4v) is 1.34. The predicted molar refractivity (Wildman–Crippen MR) is 75.3 cm³/mol. The first kappa shape index (κ1) is 15.2. The van der Waals surface area contributed by atoms with Gasteiger partial charge >= 0.3 is 0 Å². The molecule has 0 aliphatic carbocycles. The lowest BCUT2D eigenvalue weighted by Crippen LogP contribution is -2.27. The predicted octanol–water partition coefficient (Wildman–Crippen LogP) is 0.932. The molecule has 4 N–H and O–H groups in total. The van der Waals surface area contributed by atoms with E-state index in [-0.39, 0.29) is 5.57 Å². The van der Waals surface area contributed by atoms with Crippen molar-refractivity contribution in [3.63, 3.8) is 0 Å². The lowest BCUT2D eigenvalue weighted by atomic mass is 10.2. The van der Waals surface area contributed by atoms with Crippen LogP contribution < -0.4 is 16.4 Å². The number of nitrogens with one attached hydrogen (secondary N) is 2. The van der Waals surface area contributed by atoms with Crippen LogP contribution in [0.2, 0.25) is 0 Å². The summed E-state index contributed by atoms with van der Waals surface area (Å²) in [6, 6.07) is 8.05. The van der Waals surface area contributed by atoms with Crippen LogP contribution in [-0.2, 0) is 4.79 Å². The Kier molecular flexibility index (Phi) is 5.78. The highest BCUT2D eigenvalue weighted by atomic mass is 16.2. The van der Waals surface area contributed by atoms with Crippen LogP contribution in [0, 0.1) is 11.3 Å². The molecular weight excluding hydrogens is 256 g/mol. The molecule has 6 nitrogen and oxygen atoms in total. The molecule has 104 valence electrons. The molecule has 1 aromatic rings. The largest absolute Gasteiger partial charge is 0.399 e. The minimum Gasteiger partial charge on any atom is -0.399 e. The van der Waals surface area contributed by atoms with Crippen molar-refractivity contribution in [3.05, 3.63) is 41.6 Å². The van der Waals surface area contributed by atoms with Gasteiger partial charge in [-0.05, 0) is 30.7 Å². The Bertz CT molecular complexity index is 556. The van der Waals surface area contributed by atoms with Gasteiger partial charge < -0.3 is 16.4 Å². The Balaban J connectivity index is 2.69. The highest BCUT2D eigenvalue weighted by Crippen LogP contribution is 2.05. The van der Waals surface area contributed by atoms with Crippen LogP contribution in [0.1, 0.15) is 23.7 Å². The molecule has 0 aliphatic heterocycles. The van der Waals surface area contributed by atoms with Crippen molar-refractivity contribution in [1.29, 1.82) is 5.26 Å². The lowest BCUT2D eigenvalue weighted by molar-refractivity contribution is -0.117.